The standard InChI is InChI=1S/C14H13N3O3/c1-9(17-14(18)11-7-15-4-5-16-11)10-2-3-12-13(6-10)20-8-19-12/h2-7,9H,8H2,1H3,(H,17,18). The Morgan fingerprint density at radius 1 is 1.30 bits per heavy atom. The third-order valence-electron chi connectivity index (χ3n) is 3.04. The molecule has 6 nitrogen and oxygen atoms in total. The van der Waals surface area contributed by atoms with Crippen LogP contribution in [0.3, 0.4) is 0 Å². The van der Waals surface area contributed by atoms with Crippen LogP contribution < -0.4 is 14.8 Å². The molecule has 2 aromatic rings. The van der Waals surface area contributed by atoms with Crippen molar-refractivity contribution in [3.05, 3.63) is 48.0 Å². The van der Waals surface area contributed by atoms with Crippen molar-refractivity contribution in [2.75, 3.05) is 6.79 Å². The second-order valence-corrected chi connectivity index (χ2v) is 4.40. The zero-order valence-electron chi connectivity index (χ0n) is 10.9. The highest BCUT2D eigenvalue weighted by Crippen LogP contribution is 2.34. The van der Waals surface area contributed by atoms with Crippen molar-refractivity contribution in [2.24, 2.45) is 0 Å². The molecule has 20 heavy (non-hydrogen) atoms. The minimum Gasteiger partial charge on any atom is -0.454 e. The highest BCUT2D eigenvalue weighted by atomic mass is 16.7. The number of rotatable bonds is 3. The molecule has 1 aromatic heterocycles. The van der Waals surface area contributed by atoms with E-state index in [4.69, 9.17) is 9.47 Å². The Kier molecular flexibility index (Phi) is 3.20. The zero-order valence-corrected chi connectivity index (χ0v) is 10.9. The van der Waals surface area contributed by atoms with Gasteiger partial charge in [0.15, 0.2) is 11.5 Å². The fourth-order valence-corrected chi connectivity index (χ4v) is 1.95. The van der Waals surface area contributed by atoms with Crippen molar-refractivity contribution < 1.29 is 14.3 Å². The van der Waals surface area contributed by atoms with Crippen LogP contribution in [0.25, 0.3) is 0 Å². The van der Waals surface area contributed by atoms with E-state index in [-0.39, 0.29) is 18.7 Å². The summed E-state index contributed by atoms with van der Waals surface area (Å²) in [7, 11) is 0. The Bertz CT molecular complexity index is 631. The molecular formula is C14H13N3O3. The van der Waals surface area contributed by atoms with Crippen LogP contribution in [0.15, 0.2) is 36.8 Å². The molecule has 0 spiro atoms. The number of nitrogens with one attached hydrogen (secondary N) is 1. The summed E-state index contributed by atoms with van der Waals surface area (Å²) >= 11 is 0. The second kappa shape index (κ2) is 5.16. The topological polar surface area (TPSA) is 73.3 Å². The minimum atomic E-state index is -0.261. The number of nitrogens with zero attached hydrogens (tertiary/aromatic N) is 2. The normalized spacial score (nSPS) is 13.8. The van der Waals surface area contributed by atoms with Crippen LogP contribution in [-0.2, 0) is 0 Å². The number of carbonyl (C=O) groups is 1. The van der Waals surface area contributed by atoms with Gasteiger partial charge in [-0.1, -0.05) is 6.07 Å². The summed E-state index contributed by atoms with van der Waals surface area (Å²) in [6.07, 6.45) is 4.44. The van der Waals surface area contributed by atoms with Crippen molar-refractivity contribution in [1.82, 2.24) is 15.3 Å². The first-order valence-electron chi connectivity index (χ1n) is 6.20. The molecule has 1 aromatic carbocycles. The molecule has 0 aliphatic carbocycles. The van der Waals surface area contributed by atoms with Crippen LogP contribution in [0.1, 0.15) is 29.0 Å². The molecule has 1 aliphatic heterocycles. The summed E-state index contributed by atoms with van der Waals surface area (Å²) in [6.45, 7) is 2.13. The van der Waals surface area contributed by atoms with Gasteiger partial charge < -0.3 is 14.8 Å². The van der Waals surface area contributed by atoms with Crippen LogP contribution in [0.4, 0.5) is 0 Å². The van der Waals surface area contributed by atoms with Crippen molar-refractivity contribution in [3.63, 3.8) is 0 Å². The van der Waals surface area contributed by atoms with Crippen LogP contribution in [-0.4, -0.2) is 22.7 Å². The molecule has 3 rings (SSSR count). The van der Waals surface area contributed by atoms with Gasteiger partial charge in [0, 0.05) is 12.4 Å². The Morgan fingerprint density at radius 2 is 2.15 bits per heavy atom. The molecule has 6 heteroatoms. The molecule has 2 heterocycles. The van der Waals surface area contributed by atoms with Gasteiger partial charge in [-0.05, 0) is 24.6 Å². The molecule has 1 aliphatic rings. The smallest absolute Gasteiger partial charge is 0.271 e. The van der Waals surface area contributed by atoms with E-state index in [1.54, 1.807) is 0 Å². The second-order valence-electron chi connectivity index (χ2n) is 4.40. The number of amides is 1. The van der Waals surface area contributed by atoms with Crippen LogP contribution in [0.5, 0.6) is 11.5 Å². The van der Waals surface area contributed by atoms with Crippen LogP contribution in [0.2, 0.25) is 0 Å². The first kappa shape index (κ1) is 12.4. The molecule has 1 N–H and O–H groups in total. The molecule has 0 saturated carbocycles. The molecule has 102 valence electrons. The summed E-state index contributed by atoms with van der Waals surface area (Å²) in [6, 6.07) is 5.43. The number of aromatic nitrogens is 2. The lowest BCUT2D eigenvalue weighted by atomic mass is 10.1. The predicted molar refractivity (Wildman–Crippen MR) is 70.5 cm³/mol. The molecule has 0 saturated heterocycles. The fraction of sp³-hybridized carbons (Fsp3) is 0.214. The van der Waals surface area contributed by atoms with Gasteiger partial charge in [-0.3, -0.25) is 9.78 Å². The molecule has 1 unspecified atom stereocenters. The average Bonchev–Trinajstić information content (AvgIpc) is 2.95. The zero-order chi connectivity index (χ0) is 13.9. The SMILES string of the molecule is CC(NC(=O)c1cnccn1)c1ccc2c(c1)OCO2. The maximum Gasteiger partial charge on any atom is 0.271 e. The summed E-state index contributed by atoms with van der Waals surface area (Å²) in [4.78, 5) is 19.8. The largest absolute Gasteiger partial charge is 0.454 e. The Balaban J connectivity index is 1.73. The van der Waals surface area contributed by atoms with E-state index in [9.17, 15) is 4.79 Å². The first-order valence-corrected chi connectivity index (χ1v) is 6.20. The quantitative estimate of drug-likeness (QED) is 0.919. The van der Waals surface area contributed by atoms with E-state index >= 15 is 0 Å². The van der Waals surface area contributed by atoms with E-state index in [2.05, 4.69) is 15.3 Å². The maximum absolute atomic E-state index is 12.0. The lowest BCUT2D eigenvalue weighted by molar-refractivity contribution is 0.0934. The van der Waals surface area contributed by atoms with Gasteiger partial charge in [0.2, 0.25) is 6.79 Å². The Labute approximate surface area is 115 Å². The van der Waals surface area contributed by atoms with Crippen molar-refractivity contribution >= 4 is 5.91 Å². The number of hydrogen-bond donors (Lipinski definition) is 1. The average molecular weight is 271 g/mol. The van der Waals surface area contributed by atoms with Gasteiger partial charge in [0.05, 0.1) is 12.2 Å². The number of benzene rings is 1. The van der Waals surface area contributed by atoms with Gasteiger partial charge in [-0.25, -0.2) is 4.98 Å². The summed E-state index contributed by atoms with van der Waals surface area (Å²) in [5.74, 6) is 1.16. The maximum atomic E-state index is 12.0. The molecule has 0 fully saturated rings. The first-order chi connectivity index (χ1) is 9.74. The number of fused-ring (bicyclic) bond motifs is 1. The van der Waals surface area contributed by atoms with Gasteiger partial charge >= 0.3 is 0 Å². The molecular weight excluding hydrogens is 258 g/mol. The third kappa shape index (κ3) is 2.40. The highest BCUT2D eigenvalue weighted by Gasteiger charge is 2.17. The summed E-state index contributed by atoms with van der Waals surface area (Å²) < 4.78 is 10.6. The van der Waals surface area contributed by atoms with Crippen molar-refractivity contribution in [3.8, 4) is 11.5 Å². The van der Waals surface area contributed by atoms with Gasteiger partial charge in [-0.15, -0.1) is 0 Å². The van der Waals surface area contributed by atoms with Crippen molar-refractivity contribution in [1.29, 1.82) is 0 Å². The Morgan fingerprint density at radius 3 is 2.95 bits per heavy atom. The molecule has 1 atom stereocenters. The highest BCUT2D eigenvalue weighted by molar-refractivity contribution is 5.92. The van der Waals surface area contributed by atoms with E-state index < -0.39 is 0 Å². The molecule has 0 radical (unpaired) electrons. The van der Waals surface area contributed by atoms with Crippen LogP contribution >= 0.6 is 0 Å². The monoisotopic (exact) mass is 271 g/mol. The van der Waals surface area contributed by atoms with Gasteiger partial charge in [0.1, 0.15) is 5.69 Å². The minimum absolute atomic E-state index is 0.168. The number of ether oxygens (including phenoxy) is 2. The fourth-order valence-electron chi connectivity index (χ4n) is 1.95. The lowest BCUT2D eigenvalue weighted by Gasteiger charge is -2.14. The molecule has 0 bridgehead atoms. The number of hydrogen-bond acceptors (Lipinski definition) is 5. The van der Waals surface area contributed by atoms with Gasteiger partial charge in [-0.2, -0.15) is 0 Å². The third-order valence-corrected chi connectivity index (χ3v) is 3.04. The van der Waals surface area contributed by atoms with E-state index in [0.29, 0.717) is 11.4 Å². The van der Waals surface area contributed by atoms with E-state index in [0.717, 1.165) is 11.3 Å². The van der Waals surface area contributed by atoms with E-state index in [1.165, 1.54) is 18.6 Å². The van der Waals surface area contributed by atoms with E-state index in [1.807, 2.05) is 25.1 Å². The van der Waals surface area contributed by atoms with Crippen LogP contribution in [0, 0.1) is 0 Å². The Hall–Kier alpha value is -2.63. The van der Waals surface area contributed by atoms with Crippen molar-refractivity contribution in [2.45, 2.75) is 13.0 Å². The molecule has 1 amide bonds. The lowest BCUT2D eigenvalue weighted by Crippen LogP contribution is -2.27. The summed E-state index contributed by atoms with van der Waals surface area (Å²) in [5, 5.41) is 2.87. The summed E-state index contributed by atoms with van der Waals surface area (Å²) in [5.41, 5.74) is 1.23. The number of carbonyl (C=O) groups excluding carboxylic acids is 1. The van der Waals surface area contributed by atoms with Gasteiger partial charge in [0.25, 0.3) is 5.91 Å². The predicted octanol–water partition coefficient (Wildman–Crippen LogP) is 1.70.